The summed E-state index contributed by atoms with van der Waals surface area (Å²) in [4.78, 5) is 36.5. The molecule has 5 nitrogen and oxygen atoms in total. The number of nitrogens with two attached hydrogens (primary N) is 1. The highest BCUT2D eigenvalue weighted by Crippen LogP contribution is 2.47. The molecular weight excluding hydrogens is 258 g/mol. The summed E-state index contributed by atoms with van der Waals surface area (Å²) < 4.78 is 0. The van der Waals surface area contributed by atoms with Crippen LogP contribution in [0.1, 0.15) is 38.5 Å². The van der Waals surface area contributed by atoms with Crippen LogP contribution < -0.4 is 5.73 Å². The third kappa shape index (κ3) is 1.91. The molecule has 0 radical (unpaired) electrons. The molecule has 0 aromatic heterocycles. The van der Waals surface area contributed by atoms with E-state index in [9.17, 15) is 19.5 Å². The van der Waals surface area contributed by atoms with Crippen LogP contribution in [0.2, 0.25) is 0 Å². The van der Waals surface area contributed by atoms with Crippen LogP contribution in [-0.4, -0.2) is 28.7 Å². The lowest BCUT2D eigenvalue weighted by atomic mass is 9.56. The van der Waals surface area contributed by atoms with Crippen LogP contribution in [0, 0.1) is 29.6 Å². The summed E-state index contributed by atoms with van der Waals surface area (Å²) in [6.45, 7) is 0. The normalized spacial score (nSPS) is 44.6. The first kappa shape index (κ1) is 13.7. The summed E-state index contributed by atoms with van der Waals surface area (Å²) >= 11 is 0. The number of aliphatic carboxylic acids is 1. The molecule has 6 unspecified atom stereocenters. The SMILES string of the molecule is NC1C(C(=O)O)CCC2C(=O)C3CCCCC3C(=O)C21. The van der Waals surface area contributed by atoms with E-state index >= 15 is 0 Å². The van der Waals surface area contributed by atoms with E-state index in [4.69, 9.17) is 5.73 Å². The van der Waals surface area contributed by atoms with Gasteiger partial charge in [-0.15, -0.1) is 0 Å². The van der Waals surface area contributed by atoms with Gasteiger partial charge in [0.2, 0.25) is 0 Å². The Balaban J connectivity index is 1.91. The van der Waals surface area contributed by atoms with Gasteiger partial charge in [-0.2, -0.15) is 0 Å². The van der Waals surface area contributed by atoms with Crippen molar-refractivity contribution in [3.8, 4) is 0 Å². The van der Waals surface area contributed by atoms with Gasteiger partial charge in [0.05, 0.1) is 5.92 Å². The third-order valence-corrected chi connectivity index (χ3v) is 5.61. The van der Waals surface area contributed by atoms with Crippen molar-refractivity contribution in [3.05, 3.63) is 0 Å². The maximum Gasteiger partial charge on any atom is 0.308 e. The van der Waals surface area contributed by atoms with E-state index in [2.05, 4.69) is 0 Å². The first-order valence-corrected chi connectivity index (χ1v) is 7.58. The average Bonchev–Trinajstić information content (AvgIpc) is 2.44. The molecule has 0 heterocycles. The van der Waals surface area contributed by atoms with Gasteiger partial charge in [-0.1, -0.05) is 12.8 Å². The summed E-state index contributed by atoms with van der Waals surface area (Å²) in [6, 6.07) is -0.703. The molecule has 3 aliphatic carbocycles. The lowest BCUT2D eigenvalue weighted by Crippen LogP contribution is -2.59. The number of hydrogen-bond donors (Lipinski definition) is 2. The van der Waals surface area contributed by atoms with Crippen LogP contribution >= 0.6 is 0 Å². The number of carboxylic acids is 1. The summed E-state index contributed by atoms with van der Waals surface area (Å²) in [5, 5.41) is 9.21. The van der Waals surface area contributed by atoms with Crippen LogP contribution in [0.4, 0.5) is 0 Å². The van der Waals surface area contributed by atoms with Gasteiger partial charge in [0, 0.05) is 29.7 Å². The topological polar surface area (TPSA) is 97.5 Å². The standard InChI is InChI=1S/C15H21NO4/c16-12-10(15(19)20)6-5-9-11(12)14(18)8-4-2-1-3-7(8)13(9)17/h7-12H,1-6,16H2,(H,19,20). The minimum atomic E-state index is -0.943. The Morgan fingerprint density at radius 1 is 0.950 bits per heavy atom. The minimum absolute atomic E-state index is 0.0674. The van der Waals surface area contributed by atoms with E-state index in [1.165, 1.54) is 0 Å². The lowest BCUT2D eigenvalue weighted by molar-refractivity contribution is -0.157. The minimum Gasteiger partial charge on any atom is -0.481 e. The molecule has 3 N–H and O–H groups in total. The quantitative estimate of drug-likeness (QED) is 0.746. The fourth-order valence-electron chi connectivity index (χ4n) is 4.58. The zero-order chi connectivity index (χ0) is 14.4. The van der Waals surface area contributed by atoms with E-state index in [1.54, 1.807) is 0 Å². The predicted octanol–water partition coefficient (Wildman–Crippen LogP) is 0.999. The molecule has 6 atom stereocenters. The number of carbonyl (C=O) groups excluding carboxylic acids is 2. The first-order chi connectivity index (χ1) is 9.52. The van der Waals surface area contributed by atoms with Crippen LogP contribution in [-0.2, 0) is 14.4 Å². The molecule has 0 amide bonds. The number of carbonyl (C=O) groups is 3. The fraction of sp³-hybridized carbons (Fsp3) is 0.800. The van der Waals surface area contributed by atoms with Crippen molar-refractivity contribution >= 4 is 17.5 Å². The highest BCUT2D eigenvalue weighted by molar-refractivity contribution is 6.00. The van der Waals surface area contributed by atoms with Crippen molar-refractivity contribution in [2.75, 3.05) is 0 Å². The molecule has 3 aliphatic rings. The number of fused-ring (bicyclic) bond motifs is 2. The Kier molecular flexibility index (Phi) is 3.40. The van der Waals surface area contributed by atoms with Gasteiger partial charge < -0.3 is 10.8 Å². The number of hydrogen-bond acceptors (Lipinski definition) is 4. The molecule has 20 heavy (non-hydrogen) atoms. The van der Waals surface area contributed by atoms with Gasteiger partial charge in [0.15, 0.2) is 0 Å². The first-order valence-electron chi connectivity index (χ1n) is 7.58. The van der Waals surface area contributed by atoms with Crippen molar-refractivity contribution in [2.45, 2.75) is 44.6 Å². The highest BCUT2D eigenvalue weighted by atomic mass is 16.4. The van der Waals surface area contributed by atoms with Crippen LogP contribution in [0.3, 0.4) is 0 Å². The Morgan fingerprint density at radius 3 is 2.15 bits per heavy atom. The lowest BCUT2D eigenvalue weighted by Gasteiger charge is -2.47. The number of rotatable bonds is 1. The Bertz CT molecular complexity index is 461. The molecule has 0 bridgehead atoms. The molecule has 0 spiro atoms. The summed E-state index contributed by atoms with van der Waals surface area (Å²) in [5.41, 5.74) is 6.06. The Labute approximate surface area is 117 Å². The van der Waals surface area contributed by atoms with Crippen molar-refractivity contribution in [2.24, 2.45) is 35.3 Å². The van der Waals surface area contributed by atoms with Crippen molar-refractivity contribution in [1.82, 2.24) is 0 Å². The van der Waals surface area contributed by atoms with E-state index in [-0.39, 0.29) is 29.3 Å². The van der Waals surface area contributed by atoms with E-state index < -0.39 is 23.8 Å². The van der Waals surface area contributed by atoms with Crippen LogP contribution in [0.15, 0.2) is 0 Å². The smallest absolute Gasteiger partial charge is 0.308 e. The molecule has 0 saturated heterocycles. The molecule has 0 aromatic rings. The summed E-state index contributed by atoms with van der Waals surface area (Å²) in [6.07, 6.45) is 4.49. The second-order valence-corrected chi connectivity index (χ2v) is 6.53. The predicted molar refractivity (Wildman–Crippen MR) is 70.8 cm³/mol. The van der Waals surface area contributed by atoms with Crippen molar-refractivity contribution in [1.29, 1.82) is 0 Å². The average molecular weight is 279 g/mol. The monoisotopic (exact) mass is 279 g/mol. The number of Topliss-reactive ketones (excluding diaryl/α,β-unsaturated/α-hetero) is 2. The van der Waals surface area contributed by atoms with Gasteiger partial charge in [-0.3, -0.25) is 14.4 Å². The molecule has 3 rings (SSSR count). The second-order valence-electron chi connectivity index (χ2n) is 6.53. The maximum atomic E-state index is 12.7. The molecule has 0 aromatic carbocycles. The van der Waals surface area contributed by atoms with Crippen molar-refractivity contribution < 1.29 is 19.5 Å². The van der Waals surface area contributed by atoms with Crippen LogP contribution in [0.5, 0.6) is 0 Å². The van der Waals surface area contributed by atoms with Gasteiger partial charge >= 0.3 is 5.97 Å². The largest absolute Gasteiger partial charge is 0.481 e. The zero-order valence-electron chi connectivity index (χ0n) is 11.5. The van der Waals surface area contributed by atoms with E-state index in [0.29, 0.717) is 12.8 Å². The molecule has 5 heteroatoms. The maximum absolute atomic E-state index is 12.7. The van der Waals surface area contributed by atoms with Crippen LogP contribution in [0.25, 0.3) is 0 Å². The third-order valence-electron chi connectivity index (χ3n) is 5.61. The number of carboxylic acid groups (broad SMARTS) is 1. The van der Waals surface area contributed by atoms with Gasteiger partial charge in [-0.05, 0) is 25.7 Å². The van der Waals surface area contributed by atoms with E-state index in [1.807, 2.05) is 0 Å². The second kappa shape index (κ2) is 4.95. The molecular formula is C15H21NO4. The summed E-state index contributed by atoms with van der Waals surface area (Å²) in [5.74, 6) is -2.59. The number of ketones is 2. The Hall–Kier alpha value is -1.23. The fourth-order valence-corrected chi connectivity index (χ4v) is 4.58. The van der Waals surface area contributed by atoms with Gasteiger partial charge in [-0.25, -0.2) is 0 Å². The molecule has 110 valence electrons. The van der Waals surface area contributed by atoms with E-state index in [0.717, 1.165) is 25.7 Å². The molecule has 0 aliphatic heterocycles. The molecule has 3 saturated carbocycles. The zero-order valence-corrected chi connectivity index (χ0v) is 11.5. The molecule has 3 fully saturated rings. The van der Waals surface area contributed by atoms with Crippen molar-refractivity contribution in [3.63, 3.8) is 0 Å². The van der Waals surface area contributed by atoms with Gasteiger partial charge in [0.25, 0.3) is 0 Å². The Morgan fingerprint density at radius 2 is 1.55 bits per heavy atom. The summed E-state index contributed by atoms with van der Waals surface area (Å²) in [7, 11) is 0. The van der Waals surface area contributed by atoms with Gasteiger partial charge in [0.1, 0.15) is 11.6 Å². The highest BCUT2D eigenvalue weighted by Gasteiger charge is 2.55.